The van der Waals surface area contributed by atoms with Crippen molar-refractivity contribution in [3.8, 4) is 5.75 Å². The van der Waals surface area contributed by atoms with Crippen molar-refractivity contribution in [1.82, 2.24) is 4.90 Å². The van der Waals surface area contributed by atoms with Crippen LogP contribution in [0.15, 0.2) is 18.2 Å². The summed E-state index contributed by atoms with van der Waals surface area (Å²) < 4.78 is 5.68. The normalized spacial score (nSPS) is 15.4. The van der Waals surface area contributed by atoms with Crippen molar-refractivity contribution < 1.29 is 9.53 Å². The van der Waals surface area contributed by atoms with E-state index in [9.17, 15) is 4.79 Å². The number of rotatable bonds is 4. The molecule has 0 saturated carbocycles. The lowest BCUT2D eigenvalue weighted by Gasteiger charge is -2.16. The number of aryl methyl sites for hydroxylation is 2. The highest BCUT2D eigenvalue weighted by molar-refractivity contribution is 5.78. The van der Waals surface area contributed by atoms with Gasteiger partial charge in [0.15, 0.2) is 0 Å². The highest BCUT2D eigenvalue weighted by Crippen LogP contribution is 2.16. The van der Waals surface area contributed by atoms with Crippen molar-refractivity contribution in [1.29, 1.82) is 0 Å². The van der Waals surface area contributed by atoms with Crippen LogP contribution in [0.3, 0.4) is 0 Å². The van der Waals surface area contributed by atoms with Crippen LogP contribution in [0.5, 0.6) is 5.75 Å². The predicted molar refractivity (Wildman–Crippen MR) is 67.2 cm³/mol. The van der Waals surface area contributed by atoms with Crippen LogP contribution in [0.1, 0.15) is 24.0 Å². The molecule has 0 aromatic heterocycles. The van der Waals surface area contributed by atoms with Gasteiger partial charge in [0, 0.05) is 13.0 Å². The Morgan fingerprint density at radius 1 is 1.24 bits per heavy atom. The quantitative estimate of drug-likeness (QED) is 0.798. The standard InChI is InChI=1S/C14H19NO2/c1-11-8-12(2)10-13(9-11)17-7-6-15-5-3-4-14(15)16/h8-10H,3-7H2,1-2H3. The van der Waals surface area contributed by atoms with Crippen molar-refractivity contribution in [2.24, 2.45) is 0 Å². The third-order valence-electron chi connectivity index (χ3n) is 3.00. The molecule has 0 N–H and O–H groups in total. The zero-order valence-corrected chi connectivity index (χ0v) is 10.5. The SMILES string of the molecule is Cc1cc(C)cc(OCCN2CCCC2=O)c1. The van der Waals surface area contributed by atoms with E-state index in [0.717, 1.165) is 18.7 Å². The zero-order valence-electron chi connectivity index (χ0n) is 10.5. The minimum Gasteiger partial charge on any atom is -0.492 e. The van der Waals surface area contributed by atoms with Crippen molar-refractivity contribution >= 4 is 5.91 Å². The molecule has 1 fully saturated rings. The van der Waals surface area contributed by atoms with Gasteiger partial charge in [-0.3, -0.25) is 4.79 Å². The molecule has 92 valence electrons. The molecule has 0 unspecified atom stereocenters. The van der Waals surface area contributed by atoms with Gasteiger partial charge < -0.3 is 9.64 Å². The molecule has 1 aliphatic rings. The molecule has 17 heavy (non-hydrogen) atoms. The number of amides is 1. The topological polar surface area (TPSA) is 29.5 Å². The smallest absolute Gasteiger partial charge is 0.222 e. The van der Waals surface area contributed by atoms with Crippen LogP contribution >= 0.6 is 0 Å². The number of ether oxygens (including phenoxy) is 1. The predicted octanol–water partition coefficient (Wildman–Crippen LogP) is 2.30. The van der Waals surface area contributed by atoms with Crippen LogP contribution in [-0.2, 0) is 4.79 Å². The summed E-state index contributed by atoms with van der Waals surface area (Å²) in [5, 5.41) is 0. The molecule has 0 radical (unpaired) electrons. The number of nitrogens with zero attached hydrogens (tertiary/aromatic N) is 1. The Kier molecular flexibility index (Phi) is 3.67. The maximum absolute atomic E-state index is 11.4. The second kappa shape index (κ2) is 5.21. The van der Waals surface area contributed by atoms with Crippen LogP contribution in [-0.4, -0.2) is 30.5 Å². The molecule has 0 atom stereocenters. The van der Waals surface area contributed by atoms with E-state index < -0.39 is 0 Å². The Labute approximate surface area is 102 Å². The highest BCUT2D eigenvalue weighted by atomic mass is 16.5. The molecule has 0 spiro atoms. The molecule has 2 rings (SSSR count). The van der Waals surface area contributed by atoms with Crippen LogP contribution < -0.4 is 4.74 Å². The van der Waals surface area contributed by atoms with Gasteiger partial charge in [-0.25, -0.2) is 0 Å². The fourth-order valence-corrected chi connectivity index (χ4v) is 2.23. The van der Waals surface area contributed by atoms with Crippen LogP contribution in [0.2, 0.25) is 0 Å². The summed E-state index contributed by atoms with van der Waals surface area (Å²) in [5.41, 5.74) is 2.41. The van der Waals surface area contributed by atoms with Crippen LogP contribution in [0.4, 0.5) is 0 Å². The first-order chi connectivity index (χ1) is 8.15. The van der Waals surface area contributed by atoms with Crippen molar-refractivity contribution in [2.75, 3.05) is 19.7 Å². The number of benzene rings is 1. The minimum absolute atomic E-state index is 0.258. The monoisotopic (exact) mass is 233 g/mol. The number of hydrogen-bond acceptors (Lipinski definition) is 2. The highest BCUT2D eigenvalue weighted by Gasteiger charge is 2.19. The average molecular weight is 233 g/mol. The molecule has 1 aliphatic heterocycles. The minimum atomic E-state index is 0.258. The van der Waals surface area contributed by atoms with E-state index >= 15 is 0 Å². The Hall–Kier alpha value is -1.51. The van der Waals surface area contributed by atoms with Crippen LogP contribution in [0, 0.1) is 13.8 Å². The van der Waals surface area contributed by atoms with Crippen molar-refractivity contribution in [3.63, 3.8) is 0 Å². The molecule has 3 heteroatoms. The average Bonchev–Trinajstić information content (AvgIpc) is 2.63. The second-order valence-electron chi connectivity index (χ2n) is 4.66. The Morgan fingerprint density at radius 3 is 2.53 bits per heavy atom. The molecular weight excluding hydrogens is 214 g/mol. The van der Waals surface area contributed by atoms with Gasteiger partial charge >= 0.3 is 0 Å². The van der Waals surface area contributed by atoms with Crippen molar-refractivity contribution in [3.05, 3.63) is 29.3 Å². The summed E-state index contributed by atoms with van der Waals surface area (Å²) in [6.07, 6.45) is 1.69. The second-order valence-corrected chi connectivity index (χ2v) is 4.66. The first-order valence-corrected chi connectivity index (χ1v) is 6.14. The lowest BCUT2D eigenvalue weighted by atomic mass is 10.1. The third kappa shape index (κ3) is 3.22. The largest absolute Gasteiger partial charge is 0.492 e. The van der Waals surface area contributed by atoms with Gasteiger partial charge in [-0.2, -0.15) is 0 Å². The molecule has 1 aromatic carbocycles. The van der Waals surface area contributed by atoms with E-state index in [1.54, 1.807) is 0 Å². The molecule has 0 bridgehead atoms. The summed E-state index contributed by atoms with van der Waals surface area (Å²) in [5.74, 6) is 1.16. The molecule has 1 aromatic rings. The maximum Gasteiger partial charge on any atom is 0.222 e. The van der Waals surface area contributed by atoms with Gasteiger partial charge in [-0.1, -0.05) is 6.07 Å². The Balaban J connectivity index is 1.83. The zero-order chi connectivity index (χ0) is 12.3. The van der Waals surface area contributed by atoms with Crippen molar-refractivity contribution in [2.45, 2.75) is 26.7 Å². The van der Waals surface area contributed by atoms with E-state index in [2.05, 4.69) is 19.9 Å². The number of hydrogen-bond donors (Lipinski definition) is 0. The summed E-state index contributed by atoms with van der Waals surface area (Å²) in [6, 6.07) is 6.18. The summed E-state index contributed by atoms with van der Waals surface area (Å²) in [4.78, 5) is 13.3. The summed E-state index contributed by atoms with van der Waals surface area (Å²) >= 11 is 0. The molecule has 1 heterocycles. The van der Waals surface area contributed by atoms with E-state index in [1.807, 2.05) is 17.0 Å². The fourth-order valence-electron chi connectivity index (χ4n) is 2.23. The first-order valence-electron chi connectivity index (χ1n) is 6.14. The Bertz CT molecular complexity index is 394. The van der Waals surface area contributed by atoms with Crippen LogP contribution in [0.25, 0.3) is 0 Å². The molecule has 1 saturated heterocycles. The van der Waals surface area contributed by atoms with Gasteiger partial charge in [0.25, 0.3) is 0 Å². The third-order valence-corrected chi connectivity index (χ3v) is 3.00. The van der Waals surface area contributed by atoms with Gasteiger partial charge in [0.2, 0.25) is 5.91 Å². The fraction of sp³-hybridized carbons (Fsp3) is 0.500. The first kappa shape index (κ1) is 12.0. The molecular formula is C14H19NO2. The summed E-state index contributed by atoms with van der Waals surface area (Å²) in [6.45, 7) is 6.28. The molecule has 3 nitrogen and oxygen atoms in total. The van der Waals surface area contributed by atoms with E-state index in [0.29, 0.717) is 19.6 Å². The summed E-state index contributed by atoms with van der Waals surface area (Å²) in [7, 11) is 0. The lowest BCUT2D eigenvalue weighted by Crippen LogP contribution is -2.29. The van der Waals surface area contributed by atoms with E-state index in [1.165, 1.54) is 11.1 Å². The molecule has 1 amide bonds. The molecule has 0 aliphatic carbocycles. The van der Waals surface area contributed by atoms with Gasteiger partial charge in [-0.15, -0.1) is 0 Å². The van der Waals surface area contributed by atoms with Gasteiger partial charge in [0.05, 0.1) is 6.54 Å². The Morgan fingerprint density at radius 2 is 1.94 bits per heavy atom. The number of carbonyl (C=O) groups is 1. The van der Waals surface area contributed by atoms with E-state index in [4.69, 9.17) is 4.74 Å². The van der Waals surface area contributed by atoms with Gasteiger partial charge in [-0.05, 0) is 43.5 Å². The maximum atomic E-state index is 11.4. The van der Waals surface area contributed by atoms with Gasteiger partial charge in [0.1, 0.15) is 12.4 Å². The number of carbonyl (C=O) groups excluding carboxylic acids is 1. The van der Waals surface area contributed by atoms with E-state index in [-0.39, 0.29) is 5.91 Å². The number of likely N-dealkylation sites (tertiary alicyclic amines) is 1. The lowest BCUT2D eigenvalue weighted by molar-refractivity contribution is -0.128.